The van der Waals surface area contributed by atoms with Gasteiger partial charge in [-0.3, -0.25) is 0 Å². The molecule has 0 amide bonds. The Hall–Kier alpha value is -3.16. The smallest absolute Gasteiger partial charge is 0.429 e. The van der Waals surface area contributed by atoms with Crippen LogP contribution in [0.4, 0.5) is 26.3 Å². The van der Waals surface area contributed by atoms with Crippen molar-refractivity contribution < 1.29 is 35.8 Å². The van der Waals surface area contributed by atoms with E-state index in [2.05, 4.69) is 16.4 Å². The Balaban J connectivity index is 1.76. The molecule has 0 heterocycles. The molecule has 0 atom stereocenters. The molecule has 0 saturated heterocycles. The first-order valence-electron chi connectivity index (χ1n) is 9.39. The van der Waals surface area contributed by atoms with E-state index in [1.807, 2.05) is 12.1 Å². The molecule has 8 heteroatoms. The standard InChI is InChI=1S/C23H18F6O2/c1-2-3-15-4-6-16(7-5-15)17-8-13-20(21(24)14-17)22(25,26)30-18-9-11-19(12-10-18)31-23(27,28)29/h4-14H,2-3H2,1H3. The number of rotatable bonds is 7. The summed E-state index contributed by atoms with van der Waals surface area (Å²) in [5.74, 6) is -2.21. The third-order valence-corrected chi connectivity index (χ3v) is 4.41. The van der Waals surface area contributed by atoms with E-state index in [-0.39, 0.29) is 0 Å². The van der Waals surface area contributed by atoms with Crippen molar-refractivity contribution >= 4 is 0 Å². The van der Waals surface area contributed by atoms with E-state index < -0.39 is 35.4 Å². The van der Waals surface area contributed by atoms with Crippen LogP contribution >= 0.6 is 0 Å². The zero-order valence-corrected chi connectivity index (χ0v) is 16.3. The second-order valence-electron chi connectivity index (χ2n) is 6.78. The first-order valence-corrected chi connectivity index (χ1v) is 9.39. The highest BCUT2D eigenvalue weighted by atomic mass is 19.4. The lowest BCUT2D eigenvalue weighted by molar-refractivity contribution is -0.274. The lowest BCUT2D eigenvalue weighted by Gasteiger charge is -2.19. The molecule has 0 bridgehead atoms. The lowest BCUT2D eigenvalue weighted by atomic mass is 10.0. The van der Waals surface area contributed by atoms with Crippen LogP contribution in [0.1, 0.15) is 24.5 Å². The summed E-state index contributed by atoms with van der Waals surface area (Å²) in [7, 11) is 0. The Morgan fingerprint density at radius 2 is 1.26 bits per heavy atom. The fourth-order valence-electron chi connectivity index (χ4n) is 3.00. The quantitative estimate of drug-likeness (QED) is 0.355. The average Bonchev–Trinajstić information content (AvgIpc) is 2.69. The van der Waals surface area contributed by atoms with Crippen molar-refractivity contribution in [2.45, 2.75) is 32.2 Å². The molecular formula is C23H18F6O2. The Morgan fingerprint density at radius 1 is 0.710 bits per heavy atom. The molecule has 0 aliphatic carbocycles. The molecule has 0 spiro atoms. The van der Waals surface area contributed by atoms with Crippen LogP contribution < -0.4 is 9.47 Å². The van der Waals surface area contributed by atoms with Gasteiger partial charge in [-0.2, -0.15) is 8.78 Å². The van der Waals surface area contributed by atoms with Crippen LogP contribution in [0.2, 0.25) is 0 Å². The van der Waals surface area contributed by atoms with E-state index in [9.17, 15) is 26.3 Å². The van der Waals surface area contributed by atoms with Crippen molar-refractivity contribution in [3.8, 4) is 22.6 Å². The molecule has 0 radical (unpaired) electrons. The van der Waals surface area contributed by atoms with Crippen LogP contribution in [0, 0.1) is 5.82 Å². The molecule has 0 N–H and O–H groups in total. The van der Waals surface area contributed by atoms with E-state index in [1.165, 1.54) is 6.07 Å². The number of ether oxygens (including phenoxy) is 2. The fraction of sp³-hybridized carbons (Fsp3) is 0.217. The Labute approximate surface area is 175 Å². The van der Waals surface area contributed by atoms with Gasteiger partial charge < -0.3 is 9.47 Å². The van der Waals surface area contributed by atoms with Crippen molar-refractivity contribution in [3.63, 3.8) is 0 Å². The molecule has 31 heavy (non-hydrogen) atoms. The molecule has 0 fully saturated rings. The minimum Gasteiger partial charge on any atom is -0.429 e. The molecule has 0 saturated carbocycles. The van der Waals surface area contributed by atoms with Crippen LogP contribution in [0.3, 0.4) is 0 Å². The SMILES string of the molecule is CCCc1ccc(-c2ccc(C(F)(F)Oc3ccc(OC(F)(F)F)cc3)c(F)c2)cc1. The summed E-state index contributed by atoms with van der Waals surface area (Å²) in [6, 6.07) is 14.0. The molecule has 3 rings (SSSR count). The molecule has 164 valence electrons. The van der Waals surface area contributed by atoms with Gasteiger partial charge in [0, 0.05) is 0 Å². The minimum absolute atomic E-state index is 0.425. The highest BCUT2D eigenvalue weighted by Gasteiger charge is 2.38. The van der Waals surface area contributed by atoms with E-state index in [0.717, 1.165) is 54.8 Å². The van der Waals surface area contributed by atoms with Gasteiger partial charge in [-0.1, -0.05) is 43.7 Å². The molecule has 0 aromatic heterocycles. The number of benzene rings is 3. The molecule has 3 aromatic carbocycles. The maximum absolute atomic E-state index is 14.5. The van der Waals surface area contributed by atoms with Gasteiger partial charge in [-0.25, -0.2) is 4.39 Å². The highest BCUT2D eigenvalue weighted by molar-refractivity contribution is 5.64. The van der Waals surface area contributed by atoms with E-state index in [0.29, 0.717) is 11.1 Å². The topological polar surface area (TPSA) is 18.5 Å². The fourth-order valence-corrected chi connectivity index (χ4v) is 3.00. The number of aryl methyl sites for hydroxylation is 1. The molecule has 2 nitrogen and oxygen atoms in total. The average molecular weight is 440 g/mol. The summed E-state index contributed by atoms with van der Waals surface area (Å²) in [6.07, 6.45) is -7.07. The van der Waals surface area contributed by atoms with Gasteiger partial charge in [-0.15, -0.1) is 13.2 Å². The minimum atomic E-state index is -4.91. The van der Waals surface area contributed by atoms with Gasteiger partial charge in [0.15, 0.2) is 0 Å². The monoisotopic (exact) mass is 440 g/mol. The highest BCUT2D eigenvalue weighted by Crippen LogP contribution is 2.36. The normalized spacial score (nSPS) is 12.0. The van der Waals surface area contributed by atoms with Crippen molar-refractivity contribution in [1.82, 2.24) is 0 Å². The van der Waals surface area contributed by atoms with Gasteiger partial charge in [0.2, 0.25) is 0 Å². The van der Waals surface area contributed by atoms with Gasteiger partial charge in [0.25, 0.3) is 0 Å². The molecule has 3 aromatic rings. The van der Waals surface area contributed by atoms with Gasteiger partial charge in [0.05, 0.1) is 5.56 Å². The van der Waals surface area contributed by atoms with Crippen molar-refractivity contribution in [2.24, 2.45) is 0 Å². The van der Waals surface area contributed by atoms with E-state index in [1.54, 1.807) is 12.1 Å². The summed E-state index contributed by atoms with van der Waals surface area (Å²) >= 11 is 0. The summed E-state index contributed by atoms with van der Waals surface area (Å²) in [5, 5.41) is 0. The maximum Gasteiger partial charge on any atom is 0.573 e. The van der Waals surface area contributed by atoms with E-state index >= 15 is 0 Å². The summed E-state index contributed by atoms with van der Waals surface area (Å²) < 4.78 is 88.1. The molecule has 0 aliphatic rings. The predicted molar refractivity (Wildman–Crippen MR) is 103 cm³/mol. The van der Waals surface area contributed by atoms with Crippen LogP contribution in [-0.4, -0.2) is 6.36 Å². The molecule has 0 unspecified atom stereocenters. The van der Waals surface area contributed by atoms with Crippen molar-refractivity contribution in [2.75, 3.05) is 0 Å². The Bertz CT molecular complexity index is 1010. The summed E-state index contributed by atoms with van der Waals surface area (Å²) in [4.78, 5) is 0. The third-order valence-electron chi connectivity index (χ3n) is 4.41. The van der Waals surface area contributed by atoms with E-state index in [4.69, 9.17) is 0 Å². The molecule has 0 aliphatic heterocycles. The molecular weight excluding hydrogens is 422 g/mol. The maximum atomic E-state index is 14.5. The number of hydrogen-bond donors (Lipinski definition) is 0. The number of hydrogen-bond acceptors (Lipinski definition) is 2. The Kier molecular flexibility index (Phi) is 6.48. The first-order chi connectivity index (χ1) is 14.6. The van der Waals surface area contributed by atoms with Gasteiger partial charge in [-0.05, 0) is 59.5 Å². The largest absolute Gasteiger partial charge is 0.573 e. The van der Waals surface area contributed by atoms with Crippen LogP contribution in [0.5, 0.6) is 11.5 Å². The second-order valence-corrected chi connectivity index (χ2v) is 6.78. The lowest BCUT2D eigenvalue weighted by Crippen LogP contribution is -2.23. The summed E-state index contributed by atoms with van der Waals surface area (Å²) in [5.41, 5.74) is 1.23. The second kappa shape index (κ2) is 8.91. The van der Waals surface area contributed by atoms with Crippen LogP contribution in [0.25, 0.3) is 11.1 Å². The van der Waals surface area contributed by atoms with Crippen LogP contribution in [0.15, 0.2) is 66.7 Å². The van der Waals surface area contributed by atoms with Crippen molar-refractivity contribution in [3.05, 3.63) is 83.7 Å². The van der Waals surface area contributed by atoms with Crippen molar-refractivity contribution in [1.29, 1.82) is 0 Å². The number of alkyl halides is 5. The zero-order valence-electron chi connectivity index (χ0n) is 16.3. The van der Waals surface area contributed by atoms with Gasteiger partial charge in [0.1, 0.15) is 17.3 Å². The predicted octanol–water partition coefficient (Wildman–Crippen LogP) is 7.47. The number of halogens is 6. The first kappa shape index (κ1) is 22.5. The third kappa shape index (κ3) is 5.93. The van der Waals surface area contributed by atoms with Crippen LogP contribution in [-0.2, 0) is 12.5 Å². The van der Waals surface area contributed by atoms with Gasteiger partial charge >= 0.3 is 12.5 Å². The zero-order chi connectivity index (χ0) is 22.6. The Morgan fingerprint density at radius 3 is 1.77 bits per heavy atom. The summed E-state index contributed by atoms with van der Waals surface area (Å²) in [6.45, 7) is 2.05.